The van der Waals surface area contributed by atoms with Crippen molar-refractivity contribution in [2.75, 3.05) is 7.11 Å². The zero-order chi connectivity index (χ0) is 19.9. The maximum absolute atomic E-state index is 11.6. The van der Waals surface area contributed by atoms with Crippen molar-refractivity contribution in [3.8, 4) is 11.8 Å². The van der Waals surface area contributed by atoms with Gasteiger partial charge in [-0.15, -0.1) is 11.3 Å². The molecule has 7 heteroatoms. The molecule has 6 nitrogen and oxygen atoms in total. The molecule has 0 fully saturated rings. The van der Waals surface area contributed by atoms with Crippen LogP contribution in [0, 0.1) is 11.8 Å². The van der Waals surface area contributed by atoms with Gasteiger partial charge in [0.15, 0.2) is 6.04 Å². The van der Waals surface area contributed by atoms with E-state index in [0.29, 0.717) is 4.88 Å². The first-order valence-electron chi connectivity index (χ1n) is 9.51. The van der Waals surface area contributed by atoms with Crippen LogP contribution >= 0.6 is 11.3 Å². The minimum absolute atomic E-state index is 0.522. The number of aliphatic hydroxyl groups is 1. The lowest BCUT2D eigenvalue weighted by Gasteiger charge is -2.14. The van der Waals surface area contributed by atoms with Crippen molar-refractivity contribution in [2.45, 2.75) is 76.9 Å². The van der Waals surface area contributed by atoms with Crippen LogP contribution in [0.1, 0.15) is 81.3 Å². The summed E-state index contributed by atoms with van der Waals surface area (Å²) in [4.78, 5) is 14.8. The van der Waals surface area contributed by atoms with Gasteiger partial charge in [-0.3, -0.25) is 4.79 Å². The Hall–Kier alpha value is -2.00. The number of nitrogens with zero attached hydrogens (tertiary/aromatic N) is 3. The number of rotatable bonds is 12. The van der Waals surface area contributed by atoms with E-state index >= 15 is 0 Å². The normalized spacial score (nSPS) is 12.4. The van der Waals surface area contributed by atoms with Gasteiger partial charge in [-0.2, -0.15) is 0 Å². The number of ether oxygens (including phenoxy) is 1. The highest BCUT2D eigenvalue weighted by atomic mass is 32.1. The van der Waals surface area contributed by atoms with Crippen LogP contribution in [0.2, 0.25) is 0 Å². The number of unbranched alkanes of at least 4 members (excludes halogenated alkanes) is 8. The van der Waals surface area contributed by atoms with Crippen molar-refractivity contribution in [3.05, 3.63) is 32.3 Å². The van der Waals surface area contributed by atoms with Crippen molar-refractivity contribution in [3.63, 3.8) is 0 Å². The fourth-order valence-corrected chi connectivity index (χ4v) is 3.51. The van der Waals surface area contributed by atoms with E-state index in [1.165, 1.54) is 63.4 Å². The third-order valence-corrected chi connectivity index (χ3v) is 5.22. The van der Waals surface area contributed by atoms with Crippen molar-refractivity contribution >= 4 is 17.3 Å². The van der Waals surface area contributed by atoms with Gasteiger partial charge in [-0.1, -0.05) is 68.8 Å². The Labute approximate surface area is 165 Å². The summed E-state index contributed by atoms with van der Waals surface area (Å²) >= 11 is 1.28. The standard InChI is InChI=1S/C20H29N3O3S/c1-3-4-5-6-7-8-9-10-11-12-13-16-14-17(27-15-16)19(24)18(22-23-21)20(25)26-2/h14-15,18-19,24H,3-11H2,1-2H3/t18-,19-/m1/s1. The van der Waals surface area contributed by atoms with E-state index in [9.17, 15) is 9.90 Å². The van der Waals surface area contributed by atoms with Gasteiger partial charge in [-0.05, 0) is 18.0 Å². The Morgan fingerprint density at radius 3 is 2.59 bits per heavy atom. The van der Waals surface area contributed by atoms with Gasteiger partial charge in [0, 0.05) is 27.2 Å². The fourth-order valence-electron chi connectivity index (χ4n) is 2.66. The summed E-state index contributed by atoms with van der Waals surface area (Å²) < 4.78 is 4.57. The van der Waals surface area contributed by atoms with E-state index in [4.69, 9.17) is 5.53 Å². The summed E-state index contributed by atoms with van der Waals surface area (Å²) in [5, 5.41) is 15.4. The SMILES string of the molecule is CCCCCCCCCCC#Cc1csc([C@@H](O)[C@@H](N=[N+]=[N-])C(=O)OC)c1. The number of carbonyl (C=O) groups excluding carboxylic acids is 1. The van der Waals surface area contributed by atoms with Crippen LogP contribution in [0.25, 0.3) is 10.4 Å². The summed E-state index contributed by atoms with van der Waals surface area (Å²) in [7, 11) is 1.19. The number of hydrogen-bond donors (Lipinski definition) is 1. The number of thiophene rings is 1. The van der Waals surface area contributed by atoms with Crippen molar-refractivity contribution in [2.24, 2.45) is 5.11 Å². The van der Waals surface area contributed by atoms with E-state index in [2.05, 4.69) is 33.5 Å². The average Bonchev–Trinajstić information content (AvgIpc) is 3.15. The maximum Gasteiger partial charge on any atom is 0.317 e. The number of methoxy groups -OCH3 is 1. The predicted molar refractivity (Wildman–Crippen MR) is 108 cm³/mol. The lowest BCUT2D eigenvalue weighted by Crippen LogP contribution is -2.26. The maximum atomic E-state index is 11.6. The van der Waals surface area contributed by atoms with Crippen LogP contribution < -0.4 is 0 Å². The summed E-state index contributed by atoms with van der Waals surface area (Å²) in [5.41, 5.74) is 9.35. The first kappa shape index (κ1) is 23.0. The number of esters is 1. The number of carbonyl (C=O) groups is 1. The second-order valence-corrected chi connectivity index (χ2v) is 7.32. The molecule has 0 unspecified atom stereocenters. The first-order valence-corrected chi connectivity index (χ1v) is 10.4. The molecule has 1 rings (SSSR count). The Kier molecular flexibility index (Phi) is 12.0. The number of azide groups is 1. The van der Waals surface area contributed by atoms with E-state index in [1.807, 2.05) is 5.38 Å². The first-order chi connectivity index (χ1) is 13.1. The lowest BCUT2D eigenvalue weighted by molar-refractivity contribution is -0.144. The third kappa shape index (κ3) is 8.96. The van der Waals surface area contributed by atoms with Crippen LogP contribution in [0.5, 0.6) is 0 Å². The molecule has 0 aliphatic heterocycles. The number of hydrogen-bond acceptors (Lipinski definition) is 5. The van der Waals surface area contributed by atoms with Crippen LogP contribution in [0.4, 0.5) is 0 Å². The van der Waals surface area contributed by atoms with Crippen molar-refractivity contribution < 1.29 is 14.6 Å². The summed E-state index contributed by atoms with van der Waals surface area (Å²) in [6.45, 7) is 2.23. The Morgan fingerprint density at radius 1 is 1.30 bits per heavy atom. The summed E-state index contributed by atoms with van der Waals surface area (Å²) in [6, 6.07) is 0.426. The molecular weight excluding hydrogens is 362 g/mol. The molecule has 1 N–H and O–H groups in total. The van der Waals surface area contributed by atoms with Gasteiger partial charge in [-0.25, -0.2) is 0 Å². The molecule has 0 aliphatic carbocycles. The lowest BCUT2D eigenvalue weighted by atomic mass is 10.1. The third-order valence-electron chi connectivity index (χ3n) is 4.22. The highest BCUT2D eigenvalue weighted by molar-refractivity contribution is 7.10. The average molecular weight is 392 g/mol. The van der Waals surface area contributed by atoms with Crippen LogP contribution in [-0.4, -0.2) is 24.2 Å². The highest BCUT2D eigenvalue weighted by Crippen LogP contribution is 2.26. The van der Waals surface area contributed by atoms with E-state index in [-0.39, 0.29) is 0 Å². The van der Waals surface area contributed by atoms with Crippen LogP contribution in [0.3, 0.4) is 0 Å². The van der Waals surface area contributed by atoms with E-state index in [0.717, 1.165) is 18.4 Å². The molecule has 0 aliphatic rings. The zero-order valence-electron chi connectivity index (χ0n) is 16.2. The smallest absolute Gasteiger partial charge is 0.317 e. The minimum Gasteiger partial charge on any atom is -0.469 e. The molecule has 1 aromatic rings. The minimum atomic E-state index is -1.29. The molecule has 1 heterocycles. The molecule has 1 aromatic heterocycles. The van der Waals surface area contributed by atoms with Crippen molar-refractivity contribution in [1.29, 1.82) is 0 Å². The van der Waals surface area contributed by atoms with Gasteiger partial charge in [0.25, 0.3) is 0 Å². The molecule has 2 atom stereocenters. The van der Waals surface area contributed by atoms with Gasteiger partial charge >= 0.3 is 5.97 Å². The van der Waals surface area contributed by atoms with E-state index < -0.39 is 18.1 Å². The highest BCUT2D eigenvalue weighted by Gasteiger charge is 2.29. The largest absolute Gasteiger partial charge is 0.469 e. The van der Waals surface area contributed by atoms with Crippen LogP contribution in [0.15, 0.2) is 16.6 Å². The monoisotopic (exact) mass is 391 g/mol. The Balaban J connectivity index is 2.41. The molecular formula is C20H29N3O3S. The Morgan fingerprint density at radius 2 is 1.96 bits per heavy atom. The van der Waals surface area contributed by atoms with Gasteiger partial charge in [0.2, 0.25) is 0 Å². The fraction of sp³-hybridized carbons (Fsp3) is 0.650. The molecule has 0 saturated carbocycles. The van der Waals surface area contributed by atoms with Gasteiger partial charge in [0.1, 0.15) is 6.10 Å². The summed E-state index contributed by atoms with van der Waals surface area (Å²) in [5.74, 6) is 5.47. The summed E-state index contributed by atoms with van der Waals surface area (Å²) in [6.07, 6.45) is 9.82. The van der Waals surface area contributed by atoms with E-state index in [1.54, 1.807) is 6.07 Å². The topological polar surface area (TPSA) is 95.3 Å². The molecule has 0 radical (unpaired) electrons. The van der Waals surface area contributed by atoms with Gasteiger partial charge < -0.3 is 9.84 Å². The quantitative estimate of drug-likeness (QED) is 0.127. The number of aliphatic hydroxyl groups excluding tert-OH is 1. The molecule has 0 aromatic carbocycles. The van der Waals surface area contributed by atoms with Crippen LogP contribution in [-0.2, 0) is 9.53 Å². The Bertz CT molecular complexity index is 672. The molecule has 0 amide bonds. The second kappa shape index (κ2) is 14.1. The predicted octanol–water partition coefficient (Wildman–Crippen LogP) is 5.52. The van der Waals surface area contributed by atoms with Gasteiger partial charge in [0.05, 0.1) is 7.11 Å². The zero-order valence-corrected chi connectivity index (χ0v) is 17.0. The molecule has 27 heavy (non-hydrogen) atoms. The molecule has 148 valence electrons. The molecule has 0 spiro atoms. The second-order valence-electron chi connectivity index (χ2n) is 6.38. The van der Waals surface area contributed by atoms with Crippen molar-refractivity contribution in [1.82, 2.24) is 0 Å². The molecule has 0 saturated heterocycles. The molecule has 0 bridgehead atoms.